The lowest BCUT2D eigenvalue weighted by Gasteiger charge is -2.18. The van der Waals surface area contributed by atoms with Gasteiger partial charge in [0.2, 0.25) is 0 Å². The molecule has 3 heteroatoms. The molecule has 0 saturated heterocycles. The molecule has 2 heterocycles. The third-order valence-electron chi connectivity index (χ3n) is 2.67. The Morgan fingerprint density at radius 1 is 1.19 bits per heavy atom. The Hall–Kier alpha value is -1.19. The molecule has 0 radical (unpaired) electrons. The zero-order valence-corrected chi connectivity index (χ0v) is 10.4. The molecule has 0 spiro atoms. The summed E-state index contributed by atoms with van der Waals surface area (Å²) in [6.45, 7) is 4.33. The van der Waals surface area contributed by atoms with Crippen LogP contribution in [0, 0.1) is 0 Å². The highest BCUT2D eigenvalue weighted by Gasteiger charge is 2.11. The van der Waals surface area contributed by atoms with E-state index >= 15 is 0 Å². The van der Waals surface area contributed by atoms with Crippen molar-refractivity contribution in [1.29, 1.82) is 0 Å². The van der Waals surface area contributed by atoms with Gasteiger partial charge in [-0.05, 0) is 48.4 Å². The van der Waals surface area contributed by atoms with Gasteiger partial charge in [-0.25, -0.2) is 0 Å². The van der Waals surface area contributed by atoms with Crippen molar-refractivity contribution in [3.05, 3.63) is 52.5 Å². The zero-order valence-electron chi connectivity index (χ0n) is 9.55. The Balaban J connectivity index is 2.00. The average molecular weight is 232 g/mol. The quantitative estimate of drug-likeness (QED) is 0.872. The van der Waals surface area contributed by atoms with E-state index in [-0.39, 0.29) is 6.04 Å². The minimum atomic E-state index is 0.274. The van der Waals surface area contributed by atoms with Crippen LogP contribution in [-0.2, 0) is 0 Å². The first-order valence-corrected chi connectivity index (χ1v) is 6.40. The second-order valence-corrected chi connectivity index (χ2v) is 4.70. The lowest BCUT2D eigenvalue weighted by Crippen LogP contribution is -2.22. The maximum Gasteiger partial charge on any atom is 0.0570 e. The van der Waals surface area contributed by atoms with E-state index in [9.17, 15) is 0 Å². The Bertz CT molecular complexity index is 411. The molecule has 0 amide bonds. The Morgan fingerprint density at radius 3 is 2.69 bits per heavy atom. The summed E-state index contributed by atoms with van der Waals surface area (Å²) in [7, 11) is 0. The fourth-order valence-electron chi connectivity index (χ4n) is 1.71. The molecule has 2 rings (SSSR count). The molecule has 0 aliphatic rings. The van der Waals surface area contributed by atoms with Gasteiger partial charge in [0.05, 0.1) is 5.69 Å². The van der Waals surface area contributed by atoms with Crippen LogP contribution >= 0.6 is 11.3 Å². The van der Waals surface area contributed by atoms with E-state index < -0.39 is 0 Å². The topological polar surface area (TPSA) is 24.9 Å². The van der Waals surface area contributed by atoms with E-state index in [0.29, 0.717) is 6.04 Å². The van der Waals surface area contributed by atoms with E-state index in [0.717, 1.165) is 5.69 Å². The predicted molar refractivity (Wildman–Crippen MR) is 68.5 cm³/mol. The summed E-state index contributed by atoms with van der Waals surface area (Å²) in [5.74, 6) is 0. The Kier molecular flexibility index (Phi) is 3.70. The van der Waals surface area contributed by atoms with Crippen molar-refractivity contribution in [2.45, 2.75) is 25.9 Å². The van der Waals surface area contributed by atoms with Gasteiger partial charge in [-0.15, -0.1) is 0 Å². The first-order valence-electron chi connectivity index (χ1n) is 5.46. The summed E-state index contributed by atoms with van der Waals surface area (Å²) in [4.78, 5) is 4.35. The number of hydrogen-bond donors (Lipinski definition) is 1. The fourth-order valence-corrected chi connectivity index (χ4v) is 2.46. The first kappa shape index (κ1) is 11.3. The number of pyridine rings is 1. The van der Waals surface area contributed by atoms with Crippen LogP contribution in [0.2, 0.25) is 0 Å². The van der Waals surface area contributed by atoms with Gasteiger partial charge in [-0.1, -0.05) is 6.07 Å². The van der Waals surface area contributed by atoms with Crippen molar-refractivity contribution in [3.8, 4) is 0 Å². The largest absolute Gasteiger partial charge is 0.302 e. The van der Waals surface area contributed by atoms with Gasteiger partial charge in [0.1, 0.15) is 0 Å². The Labute approximate surface area is 100 Å². The molecule has 16 heavy (non-hydrogen) atoms. The third kappa shape index (κ3) is 2.68. The SMILES string of the molecule is CC(N[C@H](C)c1ccccn1)c1ccsc1. The number of rotatable bonds is 4. The maximum absolute atomic E-state index is 4.35. The summed E-state index contributed by atoms with van der Waals surface area (Å²) in [6.07, 6.45) is 1.84. The van der Waals surface area contributed by atoms with Crippen LogP contribution in [0.3, 0.4) is 0 Å². The van der Waals surface area contributed by atoms with Gasteiger partial charge in [0.25, 0.3) is 0 Å². The maximum atomic E-state index is 4.35. The number of thiophene rings is 1. The fraction of sp³-hybridized carbons (Fsp3) is 0.308. The van der Waals surface area contributed by atoms with Crippen LogP contribution < -0.4 is 5.32 Å². The van der Waals surface area contributed by atoms with Gasteiger partial charge in [0, 0.05) is 18.3 Å². The summed E-state index contributed by atoms with van der Waals surface area (Å²) >= 11 is 1.74. The molecule has 2 aromatic heterocycles. The average Bonchev–Trinajstić information content (AvgIpc) is 2.83. The molecule has 2 atom stereocenters. The van der Waals surface area contributed by atoms with Crippen LogP contribution in [0.4, 0.5) is 0 Å². The molecule has 84 valence electrons. The molecule has 2 nitrogen and oxygen atoms in total. The molecular formula is C13H16N2S. The number of nitrogens with zero attached hydrogens (tertiary/aromatic N) is 1. The molecule has 0 fully saturated rings. The van der Waals surface area contributed by atoms with E-state index in [1.54, 1.807) is 11.3 Å². The second-order valence-electron chi connectivity index (χ2n) is 3.92. The molecule has 1 N–H and O–H groups in total. The van der Waals surface area contributed by atoms with Gasteiger partial charge in [0.15, 0.2) is 0 Å². The van der Waals surface area contributed by atoms with Crippen molar-refractivity contribution in [2.75, 3.05) is 0 Å². The van der Waals surface area contributed by atoms with Crippen LogP contribution in [0.25, 0.3) is 0 Å². The molecule has 0 bridgehead atoms. The van der Waals surface area contributed by atoms with E-state index in [1.807, 2.05) is 18.3 Å². The highest BCUT2D eigenvalue weighted by molar-refractivity contribution is 7.07. The van der Waals surface area contributed by atoms with E-state index in [4.69, 9.17) is 0 Å². The first-order chi connectivity index (χ1) is 7.77. The lowest BCUT2D eigenvalue weighted by atomic mass is 10.1. The number of aromatic nitrogens is 1. The molecule has 1 unspecified atom stereocenters. The minimum Gasteiger partial charge on any atom is -0.302 e. The highest BCUT2D eigenvalue weighted by atomic mass is 32.1. The third-order valence-corrected chi connectivity index (χ3v) is 3.38. The van der Waals surface area contributed by atoms with Crippen LogP contribution in [0.5, 0.6) is 0 Å². The van der Waals surface area contributed by atoms with Crippen molar-refractivity contribution in [1.82, 2.24) is 10.3 Å². The summed E-state index contributed by atoms with van der Waals surface area (Å²) < 4.78 is 0. The van der Waals surface area contributed by atoms with Crippen molar-refractivity contribution >= 4 is 11.3 Å². The second kappa shape index (κ2) is 5.23. The standard InChI is InChI=1S/C13H16N2S/c1-10(12-6-8-16-9-12)15-11(2)13-5-3-4-7-14-13/h3-11,15H,1-2H3/t10?,11-/m1/s1. The van der Waals surface area contributed by atoms with Gasteiger partial charge >= 0.3 is 0 Å². The van der Waals surface area contributed by atoms with Crippen LogP contribution in [0.1, 0.15) is 37.2 Å². The molecular weight excluding hydrogens is 216 g/mol. The number of hydrogen-bond acceptors (Lipinski definition) is 3. The Morgan fingerprint density at radius 2 is 2.06 bits per heavy atom. The normalized spacial score (nSPS) is 14.6. The van der Waals surface area contributed by atoms with Gasteiger partial charge in [-0.3, -0.25) is 4.98 Å². The van der Waals surface area contributed by atoms with Crippen molar-refractivity contribution in [2.24, 2.45) is 0 Å². The summed E-state index contributed by atoms with van der Waals surface area (Å²) in [6, 6.07) is 8.82. The molecule has 0 aliphatic heterocycles. The van der Waals surface area contributed by atoms with Crippen molar-refractivity contribution < 1.29 is 0 Å². The smallest absolute Gasteiger partial charge is 0.0570 e. The van der Waals surface area contributed by atoms with E-state index in [2.05, 4.69) is 47.0 Å². The van der Waals surface area contributed by atoms with Crippen molar-refractivity contribution in [3.63, 3.8) is 0 Å². The van der Waals surface area contributed by atoms with E-state index in [1.165, 1.54) is 5.56 Å². The van der Waals surface area contributed by atoms with Gasteiger partial charge in [-0.2, -0.15) is 11.3 Å². The molecule has 0 aromatic carbocycles. The molecule has 0 saturated carbocycles. The number of nitrogens with one attached hydrogen (secondary N) is 1. The summed E-state index contributed by atoms with van der Waals surface area (Å²) in [5.41, 5.74) is 2.43. The monoisotopic (exact) mass is 232 g/mol. The minimum absolute atomic E-state index is 0.274. The van der Waals surface area contributed by atoms with Gasteiger partial charge < -0.3 is 5.32 Å². The van der Waals surface area contributed by atoms with Crippen LogP contribution in [-0.4, -0.2) is 4.98 Å². The molecule has 2 aromatic rings. The zero-order chi connectivity index (χ0) is 11.4. The molecule has 0 aliphatic carbocycles. The van der Waals surface area contributed by atoms with Crippen LogP contribution in [0.15, 0.2) is 41.2 Å². The summed E-state index contributed by atoms with van der Waals surface area (Å²) in [5, 5.41) is 7.84. The predicted octanol–water partition coefficient (Wildman–Crippen LogP) is 3.55. The highest BCUT2D eigenvalue weighted by Crippen LogP contribution is 2.19. The lowest BCUT2D eigenvalue weighted by molar-refractivity contribution is 0.487.